The molecule has 4 rings (SSSR count). The Hall–Kier alpha value is -5.13. The second-order valence-electron chi connectivity index (χ2n) is 7.48. The van der Waals surface area contributed by atoms with Gasteiger partial charge in [-0.2, -0.15) is 10.2 Å². The van der Waals surface area contributed by atoms with E-state index in [-0.39, 0.29) is 5.56 Å². The minimum atomic E-state index is -0.521. The van der Waals surface area contributed by atoms with Crippen LogP contribution in [0.3, 0.4) is 0 Å². The molecule has 0 radical (unpaired) electrons. The van der Waals surface area contributed by atoms with Crippen molar-refractivity contribution in [2.75, 3.05) is 30.2 Å². The number of aromatic amines is 1. The van der Waals surface area contributed by atoms with Crippen LogP contribution in [-0.2, 0) is 0 Å². The molecule has 36 heavy (non-hydrogen) atoms. The third-order valence-corrected chi connectivity index (χ3v) is 5.20. The first kappa shape index (κ1) is 24.0. The molecular formula is C24H23N7O5. The van der Waals surface area contributed by atoms with Gasteiger partial charge in [0.05, 0.1) is 43.0 Å². The van der Waals surface area contributed by atoms with E-state index in [1.165, 1.54) is 37.2 Å². The van der Waals surface area contributed by atoms with Gasteiger partial charge >= 0.3 is 6.03 Å². The maximum Gasteiger partial charge on any atom is 0.323 e. The molecule has 2 aromatic heterocycles. The number of methoxy groups -OCH3 is 2. The minimum Gasteiger partial charge on any atom is -0.495 e. The molecule has 0 aliphatic heterocycles. The minimum absolute atomic E-state index is 0.308. The zero-order chi connectivity index (χ0) is 25.7. The van der Waals surface area contributed by atoms with Crippen LogP contribution in [0.2, 0.25) is 0 Å². The molecule has 0 aliphatic rings. The summed E-state index contributed by atoms with van der Waals surface area (Å²) in [6, 6.07) is 14.1. The fourth-order valence-corrected chi connectivity index (χ4v) is 3.42. The molecule has 0 atom stereocenters. The summed E-state index contributed by atoms with van der Waals surface area (Å²) >= 11 is 0. The standard InChI is InChI=1S/C24H23N7O5/c1-14-16(13-25-31(14)21-10-11-22(32)30-29-21)23(33)26-15-8-9-20(36-3)18(12-15)28-24(34)27-17-6-4-5-7-19(17)35-2/h4-13H,1-3H3,(H,26,33)(H,30,32)(H2,27,28,34). The number of hydrogen-bond acceptors (Lipinski definition) is 7. The molecule has 0 bridgehead atoms. The molecule has 0 unspecified atom stereocenters. The van der Waals surface area contributed by atoms with Gasteiger partial charge in [-0.15, -0.1) is 0 Å². The van der Waals surface area contributed by atoms with Crippen molar-refractivity contribution in [1.29, 1.82) is 0 Å². The average Bonchev–Trinajstić information content (AvgIpc) is 3.26. The molecule has 12 nitrogen and oxygen atoms in total. The molecule has 184 valence electrons. The molecule has 2 heterocycles. The van der Waals surface area contributed by atoms with Crippen LogP contribution in [0.25, 0.3) is 5.82 Å². The van der Waals surface area contributed by atoms with Gasteiger partial charge in [0, 0.05) is 11.8 Å². The van der Waals surface area contributed by atoms with Crippen molar-refractivity contribution in [3.05, 3.63) is 82.4 Å². The highest BCUT2D eigenvalue weighted by molar-refractivity contribution is 6.06. The van der Waals surface area contributed by atoms with Crippen molar-refractivity contribution < 1.29 is 19.1 Å². The van der Waals surface area contributed by atoms with Crippen molar-refractivity contribution in [1.82, 2.24) is 20.0 Å². The number of rotatable bonds is 7. The van der Waals surface area contributed by atoms with Crippen LogP contribution >= 0.6 is 0 Å². The summed E-state index contributed by atoms with van der Waals surface area (Å²) in [4.78, 5) is 36.8. The Balaban J connectivity index is 1.51. The Morgan fingerprint density at radius 2 is 1.64 bits per heavy atom. The summed E-state index contributed by atoms with van der Waals surface area (Å²) in [6.45, 7) is 1.71. The zero-order valence-electron chi connectivity index (χ0n) is 19.7. The first-order chi connectivity index (χ1) is 17.4. The second kappa shape index (κ2) is 10.4. The van der Waals surface area contributed by atoms with Crippen molar-refractivity contribution in [2.24, 2.45) is 0 Å². The number of nitrogens with zero attached hydrogens (tertiary/aromatic N) is 3. The molecule has 2 aromatic carbocycles. The van der Waals surface area contributed by atoms with Crippen LogP contribution in [-0.4, -0.2) is 46.1 Å². The lowest BCUT2D eigenvalue weighted by molar-refractivity contribution is 0.102. The monoisotopic (exact) mass is 489 g/mol. The highest BCUT2D eigenvalue weighted by Gasteiger charge is 2.17. The van der Waals surface area contributed by atoms with E-state index in [2.05, 4.69) is 31.2 Å². The van der Waals surface area contributed by atoms with Crippen LogP contribution in [0.4, 0.5) is 21.9 Å². The van der Waals surface area contributed by atoms with Gasteiger partial charge in [0.25, 0.3) is 11.5 Å². The van der Waals surface area contributed by atoms with E-state index in [1.54, 1.807) is 49.4 Å². The van der Waals surface area contributed by atoms with E-state index >= 15 is 0 Å². The van der Waals surface area contributed by atoms with E-state index in [4.69, 9.17) is 9.47 Å². The summed E-state index contributed by atoms with van der Waals surface area (Å²) in [5, 5.41) is 18.7. The van der Waals surface area contributed by atoms with Crippen LogP contribution < -0.4 is 31.0 Å². The van der Waals surface area contributed by atoms with Crippen molar-refractivity contribution in [2.45, 2.75) is 6.92 Å². The Morgan fingerprint density at radius 3 is 2.36 bits per heavy atom. The number of urea groups is 1. The molecule has 4 N–H and O–H groups in total. The Kier molecular flexibility index (Phi) is 6.95. The van der Waals surface area contributed by atoms with Gasteiger partial charge in [0.1, 0.15) is 11.5 Å². The van der Waals surface area contributed by atoms with Gasteiger partial charge in [-0.3, -0.25) is 9.59 Å². The van der Waals surface area contributed by atoms with Gasteiger partial charge in [-0.05, 0) is 43.3 Å². The quantitative estimate of drug-likeness (QED) is 0.311. The molecule has 4 aromatic rings. The van der Waals surface area contributed by atoms with Crippen LogP contribution in [0.1, 0.15) is 16.1 Å². The van der Waals surface area contributed by atoms with Gasteiger partial charge in [0.15, 0.2) is 5.82 Å². The van der Waals surface area contributed by atoms with Gasteiger partial charge in [-0.25, -0.2) is 14.6 Å². The van der Waals surface area contributed by atoms with Crippen LogP contribution in [0.15, 0.2) is 65.6 Å². The number of benzene rings is 2. The lowest BCUT2D eigenvalue weighted by Gasteiger charge is -2.14. The second-order valence-corrected chi connectivity index (χ2v) is 7.48. The number of para-hydroxylation sites is 2. The fourth-order valence-electron chi connectivity index (χ4n) is 3.42. The highest BCUT2D eigenvalue weighted by Crippen LogP contribution is 2.29. The third-order valence-electron chi connectivity index (χ3n) is 5.20. The van der Waals surface area contributed by atoms with Gasteiger partial charge in [0.2, 0.25) is 0 Å². The number of H-pyrrole nitrogens is 1. The number of nitrogens with one attached hydrogen (secondary N) is 4. The number of carbonyl (C=O) groups is 2. The summed E-state index contributed by atoms with van der Waals surface area (Å²) in [5.41, 5.74) is 1.74. The molecule has 12 heteroatoms. The number of aromatic nitrogens is 4. The van der Waals surface area contributed by atoms with Crippen LogP contribution in [0, 0.1) is 6.92 Å². The van der Waals surface area contributed by atoms with Crippen molar-refractivity contribution in [3.63, 3.8) is 0 Å². The maximum atomic E-state index is 12.9. The Bertz CT molecular complexity index is 1460. The number of amides is 3. The highest BCUT2D eigenvalue weighted by atomic mass is 16.5. The molecule has 0 saturated carbocycles. The Morgan fingerprint density at radius 1 is 0.917 bits per heavy atom. The zero-order valence-corrected chi connectivity index (χ0v) is 19.7. The SMILES string of the molecule is COc1ccccc1NC(=O)Nc1cc(NC(=O)c2cnn(-c3ccc(=O)[nH]n3)c2C)ccc1OC. The topological polar surface area (TPSA) is 152 Å². The lowest BCUT2D eigenvalue weighted by Crippen LogP contribution is -2.20. The van der Waals surface area contributed by atoms with E-state index in [1.807, 2.05) is 0 Å². The molecular weight excluding hydrogens is 466 g/mol. The maximum absolute atomic E-state index is 12.9. The summed E-state index contributed by atoms with van der Waals surface area (Å²) < 4.78 is 12.0. The number of hydrogen-bond donors (Lipinski definition) is 4. The fraction of sp³-hybridized carbons (Fsp3) is 0.125. The van der Waals surface area contributed by atoms with E-state index < -0.39 is 11.9 Å². The molecule has 0 spiro atoms. The van der Waals surface area contributed by atoms with Gasteiger partial charge < -0.3 is 25.4 Å². The average molecular weight is 489 g/mol. The molecule has 0 fully saturated rings. The lowest BCUT2D eigenvalue weighted by atomic mass is 10.2. The summed E-state index contributed by atoms with van der Waals surface area (Å²) in [7, 11) is 2.98. The van der Waals surface area contributed by atoms with Crippen molar-refractivity contribution in [3.8, 4) is 17.3 Å². The normalized spacial score (nSPS) is 10.4. The van der Waals surface area contributed by atoms with Crippen LogP contribution in [0.5, 0.6) is 11.5 Å². The Labute approximate surface area is 205 Å². The molecule has 0 saturated heterocycles. The first-order valence-corrected chi connectivity index (χ1v) is 10.7. The van der Waals surface area contributed by atoms with Crippen molar-refractivity contribution >= 4 is 29.0 Å². The van der Waals surface area contributed by atoms with E-state index in [0.29, 0.717) is 45.6 Å². The smallest absolute Gasteiger partial charge is 0.323 e. The summed E-state index contributed by atoms with van der Waals surface area (Å²) in [6.07, 6.45) is 1.40. The number of anilines is 3. The summed E-state index contributed by atoms with van der Waals surface area (Å²) in [5.74, 6) is 0.853. The molecule has 3 amide bonds. The number of ether oxygens (including phenoxy) is 2. The largest absolute Gasteiger partial charge is 0.495 e. The van der Waals surface area contributed by atoms with E-state index in [9.17, 15) is 14.4 Å². The predicted octanol–water partition coefficient (Wildman–Crippen LogP) is 3.18. The third kappa shape index (κ3) is 5.17. The van der Waals surface area contributed by atoms with E-state index in [0.717, 1.165) is 0 Å². The first-order valence-electron chi connectivity index (χ1n) is 10.7. The van der Waals surface area contributed by atoms with Gasteiger partial charge in [-0.1, -0.05) is 12.1 Å². The molecule has 0 aliphatic carbocycles. The predicted molar refractivity (Wildman–Crippen MR) is 133 cm³/mol. The number of carbonyl (C=O) groups excluding carboxylic acids is 2.